The van der Waals surface area contributed by atoms with Gasteiger partial charge in [0.05, 0.1) is 24.4 Å². The zero-order valence-electron chi connectivity index (χ0n) is 29.3. The molecule has 0 radical (unpaired) electrons. The number of aliphatic hydroxyl groups is 3. The minimum absolute atomic E-state index is 0.0825. The first-order valence-corrected chi connectivity index (χ1v) is 20.8. The summed E-state index contributed by atoms with van der Waals surface area (Å²) in [5, 5.41) is 35.9. The summed E-state index contributed by atoms with van der Waals surface area (Å²) in [6.07, 6.45) is -6.26. The molecule has 1 saturated carbocycles. The van der Waals surface area contributed by atoms with E-state index in [4.69, 9.17) is 22.5 Å². The van der Waals surface area contributed by atoms with Crippen molar-refractivity contribution in [2.75, 3.05) is 6.61 Å². The molecular formula is C35H53NO10Si2. The van der Waals surface area contributed by atoms with Gasteiger partial charge in [0.25, 0.3) is 0 Å². The van der Waals surface area contributed by atoms with E-state index in [2.05, 4.69) is 5.48 Å². The van der Waals surface area contributed by atoms with E-state index in [1.807, 2.05) is 85.7 Å². The number of hydrogen-bond donors (Lipinski definition) is 4. The number of carbonyl (C=O) groups excluding carboxylic acids is 2. The smallest absolute Gasteiger partial charge is 0.338 e. The summed E-state index contributed by atoms with van der Waals surface area (Å²) in [7, 11) is -6.60. The normalized spacial score (nSPS) is 28.3. The van der Waals surface area contributed by atoms with E-state index < -0.39 is 71.5 Å². The molecule has 1 heterocycles. The van der Waals surface area contributed by atoms with Crippen LogP contribution in [0, 0.1) is 5.92 Å². The third-order valence-electron chi connectivity index (χ3n) is 9.79. The zero-order chi connectivity index (χ0) is 35.4. The lowest BCUT2D eigenvalue weighted by Crippen LogP contribution is -2.73. The number of carbonyl (C=O) groups is 2. The molecule has 2 aliphatic rings. The summed E-state index contributed by atoms with van der Waals surface area (Å²) < 4.78 is 27.1. The number of hydroxylamine groups is 1. The highest BCUT2D eigenvalue weighted by atomic mass is 28.5. The van der Waals surface area contributed by atoms with Crippen molar-refractivity contribution in [2.45, 2.75) is 121 Å². The second-order valence-corrected chi connectivity index (χ2v) is 23.1. The van der Waals surface area contributed by atoms with Crippen molar-refractivity contribution in [3.05, 3.63) is 71.8 Å². The highest BCUT2D eigenvalue weighted by molar-refractivity contribution is 6.84. The summed E-state index contributed by atoms with van der Waals surface area (Å²) in [5.74, 6) is -2.30. The second-order valence-electron chi connectivity index (χ2n) is 14.3. The van der Waals surface area contributed by atoms with Crippen LogP contribution in [0.4, 0.5) is 0 Å². The molecule has 6 atom stereocenters. The minimum Gasteiger partial charge on any atom is -0.459 e. The molecule has 11 nitrogen and oxygen atoms in total. The molecule has 2 fully saturated rings. The van der Waals surface area contributed by atoms with E-state index in [0.29, 0.717) is 0 Å². The van der Waals surface area contributed by atoms with Crippen molar-refractivity contribution in [3.8, 4) is 0 Å². The van der Waals surface area contributed by atoms with Gasteiger partial charge in [0.15, 0.2) is 5.60 Å². The highest BCUT2D eigenvalue weighted by Gasteiger charge is 2.69. The summed E-state index contributed by atoms with van der Waals surface area (Å²) >= 11 is 0. The number of aliphatic hydroxyl groups excluding tert-OH is 2. The third-order valence-corrected chi connectivity index (χ3v) is 20.0. The first-order valence-electron chi connectivity index (χ1n) is 16.9. The average Bonchev–Trinajstić information content (AvgIpc) is 3.24. The van der Waals surface area contributed by atoms with Gasteiger partial charge >= 0.3 is 23.1 Å². The molecule has 1 aliphatic carbocycles. The molecule has 0 spiro atoms. The topological polar surface area (TPSA) is 153 Å². The van der Waals surface area contributed by atoms with Crippen LogP contribution in [0.5, 0.6) is 0 Å². The SMILES string of the molecule is CC(C)[Si]1(C(C)C)O[C@H]2[C@@H](CC(=O)NOCc3ccccc3)[C@@H](O)[C@@H](O)[C@@](O)(COC(=O)c3ccccc3)[C@H]2O[Si](C(C)C)(C(C)C)O1. The lowest BCUT2D eigenvalue weighted by atomic mass is 9.70. The second kappa shape index (κ2) is 15.6. The Hall–Kier alpha value is -2.47. The summed E-state index contributed by atoms with van der Waals surface area (Å²) in [6, 6.07) is 17.6. The molecule has 0 unspecified atom stereocenters. The Morgan fingerprint density at radius 3 is 1.90 bits per heavy atom. The van der Waals surface area contributed by atoms with Crippen molar-refractivity contribution in [2.24, 2.45) is 5.92 Å². The molecule has 1 amide bonds. The fourth-order valence-corrected chi connectivity index (χ4v) is 18.4. The number of esters is 1. The van der Waals surface area contributed by atoms with E-state index >= 15 is 0 Å². The van der Waals surface area contributed by atoms with Gasteiger partial charge in [-0.05, 0) is 39.9 Å². The Morgan fingerprint density at radius 1 is 0.833 bits per heavy atom. The van der Waals surface area contributed by atoms with Crippen LogP contribution in [-0.2, 0) is 33.9 Å². The van der Waals surface area contributed by atoms with Gasteiger partial charge < -0.3 is 33.0 Å². The number of ether oxygens (including phenoxy) is 1. The fourth-order valence-electron chi connectivity index (χ4n) is 7.05. The van der Waals surface area contributed by atoms with Gasteiger partial charge in [0, 0.05) is 12.3 Å². The van der Waals surface area contributed by atoms with Crippen molar-refractivity contribution in [1.29, 1.82) is 0 Å². The molecule has 266 valence electrons. The lowest BCUT2D eigenvalue weighted by molar-refractivity contribution is -0.256. The largest absolute Gasteiger partial charge is 0.459 e. The molecule has 4 rings (SSSR count). The van der Waals surface area contributed by atoms with Gasteiger partial charge in [-0.2, -0.15) is 0 Å². The van der Waals surface area contributed by atoms with Gasteiger partial charge in [-0.25, -0.2) is 10.3 Å². The Morgan fingerprint density at radius 2 is 1.35 bits per heavy atom. The molecule has 48 heavy (non-hydrogen) atoms. The summed E-state index contributed by atoms with van der Waals surface area (Å²) in [4.78, 5) is 31.9. The molecular weight excluding hydrogens is 651 g/mol. The number of hydrogen-bond acceptors (Lipinski definition) is 10. The fraction of sp³-hybridized carbons (Fsp3) is 0.600. The van der Waals surface area contributed by atoms with Crippen LogP contribution in [0.3, 0.4) is 0 Å². The lowest BCUT2D eigenvalue weighted by Gasteiger charge is -2.53. The first-order chi connectivity index (χ1) is 22.6. The maximum Gasteiger partial charge on any atom is 0.338 e. The molecule has 1 saturated heterocycles. The Bertz CT molecular complexity index is 1350. The molecule has 4 N–H and O–H groups in total. The number of benzene rings is 2. The van der Waals surface area contributed by atoms with Gasteiger partial charge in [0.1, 0.15) is 18.8 Å². The molecule has 2 aromatic carbocycles. The third kappa shape index (κ3) is 7.64. The quantitative estimate of drug-likeness (QED) is 0.137. The van der Waals surface area contributed by atoms with Crippen LogP contribution in [0.25, 0.3) is 0 Å². The number of nitrogens with one attached hydrogen (secondary N) is 1. The van der Waals surface area contributed by atoms with Crippen LogP contribution in [-0.4, -0.2) is 80.9 Å². The molecule has 1 aliphatic heterocycles. The number of fused-ring (bicyclic) bond motifs is 1. The number of amides is 1. The molecule has 0 bridgehead atoms. The predicted molar refractivity (Wildman–Crippen MR) is 184 cm³/mol. The van der Waals surface area contributed by atoms with Gasteiger partial charge in [-0.15, -0.1) is 0 Å². The van der Waals surface area contributed by atoms with Crippen LogP contribution in [0.15, 0.2) is 60.7 Å². The zero-order valence-corrected chi connectivity index (χ0v) is 31.3. The van der Waals surface area contributed by atoms with Crippen molar-refractivity contribution in [1.82, 2.24) is 5.48 Å². The van der Waals surface area contributed by atoms with Crippen LogP contribution in [0.2, 0.25) is 22.2 Å². The van der Waals surface area contributed by atoms with E-state index in [1.165, 1.54) is 0 Å². The Kier molecular flexibility index (Phi) is 12.5. The van der Waals surface area contributed by atoms with Gasteiger partial charge in [-0.1, -0.05) is 104 Å². The van der Waals surface area contributed by atoms with E-state index in [9.17, 15) is 24.9 Å². The van der Waals surface area contributed by atoms with Gasteiger partial charge in [0.2, 0.25) is 5.91 Å². The van der Waals surface area contributed by atoms with Crippen molar-refractivity contribution < 1.29 is 47.5 Å². The highest BCUT2D eigenvalue weighted by Crippen LogP contribution is 2.52. The van der Waals surface area contributed by atoms with E-state index in [-0.39, 0.29) is 40.8 Å². The summed E-state index contributed by atoms with van der Waals surface area (Å²) in [6.45, 7) is 15.6. The van der Waals surface area contributed by atoms with Gasteiger partial charge in [-0.3, -0.25) is 9.63 Å². The van der Waals surface area contributed by atoms with Crippen molar-refractivity contribution >= 4 is 29.0 Å². The number of rotatable bonds is 12. The summed E-state index contributed by atoms with van der Waals surface area (Å²) in [5.41, 5.74) is 0.862. The van der Waals surface area contributed by atoms with Crippen LogP contribution < -0.4 is 5.48 Å². The minimum atomic E-state index is -3.33. The van der Waals surface area contributed by atoms with E-state index in [0.717, 1.165) is 5.56 Å². The molecule has 0 aromatic heterocycles. The first kappa shape index (κ1) is 38.3. The monoisotopic (exact) mass is 703 g/mol. The molecule has 13 heteroatoms. The molecule has 2 aromatic rings. The maximum absolute atomic E-state index is 13.4. The Labute approximate surface area is 286 Å². The van der Waals surface area contributed by atoms with E-state index in [1.54, 1.807) is 30.3 Å². The maximum atomic E-state index is 13.4. The van der Waals surface area contributed by atoms with Crippen LogP contribution in [0.1, 0.15) is 77.7 Å². The average molecular weight is 704 g/mol. The predicted octanol–water partition coefficient (Wildman–Crippen LogP) is 4.89. The van der Waals surface area contributed by atoms with Crippen LogP contribution >= 0.6 is 0 Å². The van der Waals surface area contributed by atoms with Crippen molar-refractivity contribution in [3.63, 3.8) is 0 Å². The standard InChI is InChI=1S/C35H53NO10Si2/c1-22(2)47(23(3)4)44-31-28(19-29(37)36-43-20-26-15-11-9-12-16-26)30(38)32(39)35(41,21-42-34(40)27-17-13-10-14-18-27)33(31)45-48(46-47,24(5)6)25(7)8/h9-18,22-25,28,30-33,38-39,41H,19-21H2,1-8H3,(H,36,37)/t28-,30+,31-,32+,33-,35-/m0/s1. The Balaban J connectivity index is 1.76.